The van der Waals surface area contributed by atoms with Gasteiger partial charge in [0.1, 0.15) is 0 Å². The van der Waals surface area contributed by atoms with Crippen LogP contribution in [0.3, 0.4) is 0 Å². The van der Waals surface area contributed by atoms with Gasteiger partial charge >= 0.3 is 0 Å². The molecule has 54 valence electrons. The van der Waals surface area contributed by atoms with Crippen molar-refractivity contribution in [3.05, 3.63) is 21.4 Å². The van der Waals surface area contributed by atoms with Crippen LogP contribution >= 0.6 is 15.9 Å². The number of hydrogen-bond acceptors (Lipinski definition) is 1. The summed E-state index contributed by atoms with van der Waals surface area (Å²) in [5.41, 5.74) is 2.65. The van der Waals surface area contributed by atoms with Crippen LogP contribution in [0.4, 0.5) is 0 Å². The Morgan fingerprint density at radius 3 is 2.30 bits per heavy atom. The smallest absolute Gasteiger partial charge is 0.152 e. The van der Waals surface area contributed by atoms with Gasteiger partial charge in [-0.2, -0.15) is 0 Å². The van der Waals surface area contributed by atoms with Gasteiger partial charge in [0.2, 0.25) is 0 Å². The Morgan fingerprint density at radius 1 is 1.50 bits per heavy atom. The molecule has 0 bridgehead atoms. The van der Waals surface area contributed by atoms with Crippen molar-refractivity contribution in [3.8, 4) is 0 Å². The van der Waals surface area contributed by atoms with Crippen molar-refractivity contribution in [1.82, 2.24) is 4.98 Å². The lowest BCUT2D eigenvalue weighted by Gasteiger charge is -1.86. The Bertz CT molecular complexity index is 265. The van der Waals surface area contributed by atoms with E-state index in [1.54, 1.807) is 0 Å². The van der Waals surface area contributed by atoms with E-state index in [0.717, 1.165) is 27.7 Å². The van der Waals surface area contributed by atoms with E-state index in [4.69, 9.17) is 0 Å². The van der Waals surface area contributed by atoms with Crippen molar-refractivity contribution in [2.24, 2.45) is 0 Å². The van der Waals surface area contributed by atoms with Crippen molar-refractivity contribution in [2.45, 2.75) is 13.8 Å². The van der Waals surface area contributed by atoms with E-state index in [1.807, 2.05) is 13.8 Å². The number of aldehydes is 1. The highest BCUT2D eigenvalue weighted by Crippen LogP contribution is 2.20. The van der Waals surface area contributed by atoms with Crippen LogP contribution in [0.2, 0.25) is 0 Å². The van der Waals surface area contributed by atoms with E-state index in [-0.39, 0.29) is 0 Å². The topological polar surface area (TPSA) is 32.9 Å². The van der Waals surface area contributed by atoms with E-state index in [9.17, 15) is 4.79 Å². The first-order chi connectivity index (χ1) is 4.66. The van der Waals surface area contributed by atoms with Gasteiger partial charge in [-0.25, -0.2) is 0 Å². The van der Waals surface area contributed by atoms with Crippen LogP contribution in [0.15, 0.2) is 4.60 Å². The number of halogens is 1. The molecule has 0 unspecified atom stereocenters. The number of H-pyrrole nitrogens is 1. The minimum atomic E-state index is 0.756. The van der Waals surface area contributed by atoms with Crippen molar-refractivity contribution in [3.63, 3.8) is 0 Å². The van der Waals surface area contributed by atoms with Gasteiger partial charge in [-0.05, 0) is 35.3 Å². The highest BCUT2D eigenvalue weighted by molar-refractivity contribution is 9.10. The molecule has 0 aliphatic heterocycles. The lowest BCUT2D eigenvalue weighted by Crippen LogP contribution is -1.81. The molecular weight excluding hydrogens is 194 g/mol. The SMILES string of the molecule is Cc1[nH]c(Br)c(C)c1C=O. The van der Waals surface area contributed by atoms with E-state index < -0.39 is 0 Å². The molecule has 0 fully saturated rings. The van der Waals surface area contributed by atoms with E-state index in [2.05, 4.69) is 20.9 Å². The third kappa shape index (κ3) is 1.01. The first kappa shape index (κ1) is 7.54. The standard InChI is InChI=1S/C7H8BrNO/c1-4-6(3-10)5(2)9-7(4)8/h3,9H,1-2H3. The average molecular weight is 202 g/mol. The summed E-state index contributed by atoms with van der Waals surface area (Å²) >= 11 is 3.29. The van der Waals surface area contributed by atoms with Crippen LogP contribution in [-0.4, -0.2) is 11.3 Å². The van der Waals surface area contributed by atoms with Crippen LogP contribution in [0.1, 0.15) is 21.6 Å². The number of carbonyl (C=O) groups excluding carboxylic acids is 1. The first-order valence-electron chi connectivity index (χ1n) is 2.96. The summed E-state index contributed by atoms with van der Waals surface area (Å²) in [7, 11) is 0. The number of rotatable bonds is 1. The third-order valence-corrected chi connectivity index (χ3v) is 2.35. The summed E-state index contributed by atoms with van der Waals surface area (Å²) in [5, 5.41) is 0. The fourth-order valence-electron chi connectivity index (χ4n) is 0.902. The molecule has 0 radical (unpaired) electrons. The molecule has 1 N–H and O–H groups in total. The number of carbonyl (C=O) groups is 1. The zero-order chi connectivity index (χ0) is 7.72. The second-order valence-electron chi connectivity index (χ2n) is 2.22. The summed E-state index contributed by atoms with van der Waals surface area (Å²) in [4.78, 5) is 13.4. The summed E-state index contributed by atoms with van der Waals surface area (Å²) in [6.45, 7) is 3.78. The quantitative estimate of drug-likeness (QED) is 0.695. The molecule has 2 nitrogen and oxygen atoms in total. The van der Waals surface area contributed by atoms with E-state index in [1.165, 1.54) is 0 Å². The van der Waals surface area contributed by atoms with Gasteiger partial charge < -0.3 is 4.98 Å². The molecule has 0 aromatic carbocycles. The van der Waals surface area contributed by atoms with Crippen molar-refractivity contribution < 1.29 is 4.79 Å². The minimum Gasteiger partial charge on any atom is -0.353 e. The summed E-state index contributed by atoms with van der Waals surface area (Å²) < 4.78 is 0.895. The van der Waals surface area contributed by atoms with Crippen LogP contribution in [0.25, 0.3) is 0 Å². The molecule has 3 heteroatoms. The Kier molecular flexibility index (Phi) is 1.94. The maximum absolute atomic E-state index is 10.4. The Hall–Kier alpha value is -0.570. The maximum atomic E-state index is 10.4. The minimum absolute atomic E-state index is 0.756. The number of aromatic amines is 1. The van der Waals surface area contributed by atoms with Gasteiger partial charge in [-0.1, -0.05) is 0 Å². The molecule has 0 amide bonds. The number of hydrogen-bond donors (Lipinski definition) is 1. The highest BCUT2D eigenvalue weighted by atomic mass is 79.9. The van der Waals surface area contributed by atoms with Crippen LogP contribution in [0, 0.1) is 13.8 Å². The fraction of sp³-hybridized carbons (Fsp3) is 0.286. The zero-order valence-corrected chi connectivity index (χ0v) is 7.45. The number of aryl methyl sites for hydroxylation is 1. The van der Waals surface area contributed by atoms with Gasteiger partial charge in [0.15, 0.2) is 6.29 Å². The number of aromatic nitrogens is 1. The van der Waals surface area contributed by atoms with Gasteiger partial charge in [0.05, 0.1) is 4.60 Å². The monoisotopic (exact) mass is 201 g/mol. The van der Waals surface area contributed by atoms with Gasteiger partial charge in [-0.15, -0.1) is 0 Å². The van der Waals surface area contributed by atoms with Crippen molar-refractivity contribution in [2.75, 3.05) is 0 Å². The molecule has 0 atom stereocenters. The first-order valence-corrected chi connectivity index (χ1v) is 3.76. The molecule has 1 heterocycles. The molecule has 10 heavy (non-hydrogen) atoms. The van der Waals surface area contributed by atoms with Crippen LogP contribution < -0.4 is 0 Å². The highest BCUT2D eigenvalue weighted by Gasteiger charge is 2.06. The van der Waals surface area contributed by atoms with Crippen molar-refractivity contribution in [1.29, 1.82) is 0 Å². The summed E-state index contributed by atoms with van der Waals surface area (Å²) in [6, 6.07) is 0. The predicted octanol–water partition coefficient (Wildman–Crippen LogP) is 2.21. The van der Waals surface area contributed by atoms with E-state index >= 15 is 0 Å². The molecule has 1 aromatic heterocycles. The number of nitrogens with one attached hydrogen (secondary N) is 1. The molecule has 0 aliphatic carbocycles. The summed E-state index contributed by atoms with van der Waals surface area (Å²) in [6.07, 6.45) is 0.867. The fourth-order valence-corrected chi connectivity index (χ4v) is 1.41. The molecule has 0 aliphatic rings. The van der Waals surface area contributed by atoms with Gasteiger partial charge in [-0.3, -0.25) is 4.79 Å². The Morgan fingerprint density at radius 2 is 2.10 bits per heavy atom. The van der Waals surface area contributed by atoms with E-state index in [0.29, 0.717) is 0 Å². The Balaban J connectivity index is 3.33. The second-order valence-corrected chi connectivity index (χ2v) is 3.01. The lowest BCUT2D eigenvalue weighted by atomic mass is 10.2. The van der Waals surface area contributed by atoms with Gasteiger partial charge in [0.25, 0.3) is 0 Å². The van der Waals surface area contributed by atoms with Gasteiger partial charge in [0, 0.05) is 11.3 Å². The average Bonchev–Trinajstić information content (AvgIpc) is 2.09. The largest absolute Gasteiger partial charge is 0.353 e. The molecule has 0 saturated carbocycles. The molecular formula is C7H8BrNO. The molecule has 0 saturated heterocycles. The van der Waals surface area contributed by atoms with Crippen LogP contribution in [0.5, 0.6) is 0 Å². The van der Waals surface area contributed by atoms with Crippen LogP contribution in [-0.2, 0) is 0 Å². The normalized spacial score (nSPS) is 9.90. The molecule has 0 spiro atoms. The molecule has 1 aromatic rings. The summed E-state index contributed by atoms with van der Waals surface area (Å²) in [5.74, 6) is 0. The third-order valence-electron chi connectivity index (χ3n) is 1.55. The Labute approximate surface area is 67.8 Å². The lowest BCUT2D eigenvalue weighted by molar-refractivity contribution is 0.112. The maximum Gasteiger partial charge on any atom is 0.152 e. The molecule has 1 rings (SSSR count). The van der Waals surface area contributed by atoms with Crippen molar-refractivity contribution >= 4 is 22.2 Å². The predicted molar refractivity (Wildman–Crippen MR) is 43.4 cm³/mol. The zero-order valence-electron chi connectivity index (χ0n) is 5.86. The second kappa shape index (κ2) is 2.58.